The maximum absolute atomic E-state index is 6.20. The zero-order valence-electron chi connectivity index (χ0n) is 11.5. The van der Waals surface area contributed by atoms with E-state index in [9.17, 15) is 0 Å². The van der Waals surface area contributed by atoms with Crippen molar-refractivity contribution < 1.29 is 4.42 Å². The van der Waals surface area contributed by atoms with E-state index in [0.717, 1.165) is 28.7 Å². The smallest absolute Gasteiger partial charge is 0.188 e. The first kappa shape index (κ1) is 14.1. The highest BCUT2D eigenvalue weighted by Crippen LogP contribution is 2.36. The molecule has 0 spiro atoms. The highest BCUT2D eigenvalue weighted by Gasteiger charge is 2.23. The van der Waals surface area contributed by atoms with Crippen molar-refractivity contribution in [3.63, 3.8) is 0 Å². The number of furan rings is 1. The van der Waals surface area contributed by atoms with Crippen molar-refractivity contribution in [2.75, 3.05) is 0 Å². The summed E-state index contributed by atoms with van der Waals surface area (Å²) in [6, 6.07) is 5.82. The van der Waals surface area contributed by atoms with Crippen LogP contribution in [0.2, 0.25) is 0 Å². The Bertz CT molecular complexity index is 507. The van der Waals surface area contributed by atoms with Gasteiger partial charge >= 0.3 is 0 Å². The molecule has 0 amide bonds. The van der Waals surface area contributed by atoms with E-state index in [2.05, 4.69) is 16.9 Å². The van der Waals surface area contributed by atoms with Crippen LogP contribution in [0.1, 0.15) is 35.7 Å². The summed E-state index contributed by atoms with van der Waals surface area (Å²) in [6.07, 6.45) is 2.55. The fourth-order valence-electron chi connectivity index (χ4n) is 1.88. The molecule has 2 aromatic rings. The van der Waals surface area contributed by atoms with Crippen molar-refractivity contribution in [2.24, 2.45) is 5.73 Å². The van der Waals surface area contributed by atoms with Gasteiger partial charge in [0, 0.05) is 17.4 Å². The lowest BCUT2D eigenvalue weighted by Gasteiger charge is -2.19. The summed E-state index contributed by atoms with van der Waals surface area (Å²) in [5.74, 6) is 0.877. The summed E-state index contributed by atoms with van der Waals surface area (Å²) in [5, 5.41) is 0.795. The Kier molecular flexibility index (Phi) is 4.61. The molecule has 0 aliphatic rings. The molecule has 0 fully saturated rings. The van der Waals surface area contributed by atoms with E-state index in [1.165, 1.54) is 0 Å². The van der Waals surface area contributed by atoms with Crippen molar-refractivity contribution in [1.29, 1.82) is 0 Å². The fourth-order valence-corrected chi connectivity index (χ4v) is 3.12. The fraction of sp³-hybridized carbons (Fsp3) is 0.429. The second-order valence-electron chi connectivity index (χ2n) is 4.56. The molecule has 0 aliphatic heterocycles. The first-order chi connectivity index (χ1) is 9.10. The minimum absolute atomic E-state index is 0.0144. The topological polar surface area (TPSA) is 64.9 Å². The molecule has 4 nitrogen and oxygen atoms in total. The zero-order chi connectivity index (χ0) is 13.8. The van der Waals surface area contributed by atoms with Crippen LogP contribution in [0.25, 0.3) is 0 Å². The van der Waals surface area contributed by atoms with Gasteiger partial charge in [0.25, 0.3) is 0 Å². The number of aryl methyl sites for hydroxylation is 2. The van der Waals surface area contributed by atoms with E-state index in [0.29, 0.717) is 0 Å². The van der Waals surface area contributed by atoms with Crippen LogP contribution >= 0.6 is 11.8 Å². The predicted molar refractivity (Wildman–Crippen MR) is 77.1 cm³/mol. The molecule has 2 N–H and O–H groups in total. The summed E-state index contributed by atoms with van der Waals surface area (Å²) < 4.78 is 5.49. The molecule has 0 saturated carbocycles. The zero-order valence-corrected chi connectivity index (χ0v) is 12.3. The van der Waals surface area contributed by atoms with Gasteiger partial charge in [0.2, 0.25) is 0 Å². The highest BCUT2D eigenvalue weighted by atomic mass is 32.2. The number of hydrogen-bond donors (Lipinski definition) is 1. The van der Waals surface area contributed by atoms with E-state index >= 15 is 0 Å². The average Bonchev–Trinajstić information content (AvgIpc) is 2.87. The number of hydrogen-bond acceptors (Lipinski definition) is 5. The normalized spacial score (nSPS) is 14.3. The lowest BCUT2D eigenvalue weighted by molar-refractivity contribution is 0.473. The molecule has 5 heteroatoms. The summed E-state index contributed by atoms with van der Waals surface area (Å²) in [6.45, 7) is 6.02. The summed E-state index contributed by atoms with van der Waals surface area (Å²) in [5.41, 5.74) is 8.14. The molecule has 0 bridgehead atoms. The molecule has 0 aromatic carbocycles. The largest absolute Gasteiger partial charge is 0.468 e. The van der Waals surface area contributed by atoms with Crippen LogP contribution < -0.4 is 5.73 Å². The maximum Gasteiger partial charge on any atom is 0.188 e. The Morgan fingerprint density at radius 3 is 2.53 bits per heavy atom. The minimum Gasteiger partial charge on any atom is -0.468 e. The molecule has 102 valence electrons. The SMILES string of the molecule is CCC(N)C(Sc1nc(C)cc(C)n1)c1ccco1. The van der Waals surface area contributed by atoms with Crippen LogP contribution in [0.5, 0.6) is 0 Å². The Balaban J connectivity index is 2.25. The van der Waals surface area contributed by atoms with Crippen molar-refractivity contribution in [3.8, 4) is 0 Å². The van der Waals surface area contributed by atoms with Gasteiger partial charge in [0.1, 0.15) is 5.76 Å². The Labute approximate surface area is 117 Å². The third kappa shape index (κ3) is 3.58. The van der Waals surface area contributed by atoms with Crippen LogP contribution in [0.15, 0.2) is 34.0 Å². The van der Waals surface area contributed by atoms with Gasteiger partial charge in [0.05, 0.1) is 11.5 Å². The minimum atomic E-state index is 0.0144. The Hall–Kier alpha value is -1.33. The van der Waals surface area contributed by atoms with Gasteiger partial charge in [-0.25, -0.2) is 9.97 Å². The van der Waals surface area contributed by atoms with Crippen LogP contribution in [0, 0.1) is 13.8 Å². The lowest BCUT2D eigenvalue weighted by atomic mass is 10.1. The molecular weight excluding hydrogens is 258 g/mol. The molecule has 2 unspecified atom stereocenters. The van der Waals surface area contributed by atoms with Gasteiger partial charge in [0.15, 0.2) is 5.16 Å². The quantitative estimate of drug-likeness (QED) is 0.671. The van der Waals surface area contributed by atoms with Gasteiger partial charge in [-0.15, -0.1) is 0 Å². The van der Waals surface area contributed by atoms with Crippen molar-refractivity contribution in [1.82, 2.24) is 9.97 Å². The number of nitrogens with zero attached hydrogens (tertiary/aromatic N) is 2. The van der Waals surface area contributed by atoms with Gasteiger partial charge in [-0.3, -0.25) is 0 Å². The van der Waals surface area contributed by atoms with Gasteiger partial charge in [-0.2, -0.15) is 0 Å². The third-order valence-electron chi connectivity index (χ3n) is 2.88. The number of rotatable bonds is 5. The second kappa shape index (κ2) is 6.21. The summed E-state index contributed by atoms with van der Waals surface area (Å²) >= 11 is 1.57. The van der Waals surface area contributed by atoms with Crippen molar-refractivity contribution in [3.05, 3.63) is 41.6 Å². The van der Waals surface area contributed by atoms with Crippen molar-refractivity contribution >= 4 is 11.8 Å². The monoisotopic (exact) mass is 277 g/mol. The van der Waals surface area contributed by atoms with E-state index in [4.69, 9.17) is 10.2 Å². The summed E-state index contributed by atoms with van der Waals surface area (Å²) in [7, 11) is 0. The molecule has 2 heterocycles. The number of nitrogens with two attached hydrogens (primary N) is 1. The molecular formula is C14H19N3OS. The highest BCUT2D eigenvalue weighted by molar-refractivity contribution is 7.99. The van der Waals surface area contributed by atoms with Crippen LogP contribution in [0.4, 0.5) is 0 Å². The predicted octanol–water partition coefficient (Wildman–Crippen LogP) is 3.26. The molecule has 2 atom stereocenters. The molecule has 0 saturated heterocycles. The third-order valence-corrected chi connectivity index (χ3v) is 4.11. The van der Waals surface area contributed by atoms with E-state index in [-0.39, 0.29) is 11.3 Å². The molecule has 2 rings (SSSR count). The first-order valence-corrected chi connectivity index (χ1v) is 7.26. The summed E-state index contributed by atoms with van der Waals surface area (Å²) in [4.78, 5) is 8.91. The van der Waals surface area contributed by atoms with E-state index in [1.807, 2.05) is 32.0 Å². The molecule has 0 radical (unpaired) electrons. The van der Waals surface area contributed by atoms with Crippen LogP contribution in [0.3, 0.4) is 0 Å². The average molecular weight is 277 g/mol. The van der Waals surface area contributed by atoms with E-state index < -0.39 is 0 Å². The molecule has 0 aliphatic carbocycles. The molecule has 19 heavy (non-hydrogen) atoms. The van der Waals surface area contributed by atoms with Gasteiger partial charge in [-0.1, -0.05) is 18.7 Å². The van der Waals surface area contributed by atoms with Crippen molar-refractivity contribution in [2.45, 2.75) is 43.6 Å². The second-order valence-corrected chi connectivity index (χ2v) is 5.67. The lowest BCUT2D eigenvalue weighted by Crippen LogP contribution is -2.25. The maximum atomic E-state index is 6.20. The number of thioether (sulfide) groups is 1. The van der Waals surface area contributed by atoms with E-state index in [1.54, 1.807) is 18.0 Å². The molecule has 2 aromatic heterocycles. The van der Waals surface area contributed by atoms with Crippen LogP contribution in [-0.2, 0) is 0 Å². The Morgan fingerprint density at radius 1 is 1.32 bits per heavy atom. The van der Waals surface area contributed by atoms with Crippen LogP contribution in [-0.4, -0.2) is 16.0 Å². The standard InChI is InChI=1S/C14H19N3OS/c1-4-11(15)13(12-6-5-7-18-12)19-14-16-9(2)8-10(3)17-14/h5-8,11,13H,4,15H2,1-3H3. The number of aromatic nitrogens is 2. The first-order valence-electron chi connectivity index (χ1n) is 6.38. The Morgan fingerprint density at radius 2 is 2.00 bits per heavy atom. The van der Waals surface area contributed by atoms with Gasteiger partial charge in [-0.05, 0) is 38.5 Å². The van der Waals surface area contributed by atoms with Gasteiger partial charge < -0.3 is 10.2 Å².